The average Bonchev–Trinajstić information content (AvgIpc) is 3.44. The molecule has 4 aromatic carbocycles. The van der Waals surface area contributed by atoms with Crippen LogP contribution in [0, 0.1) is 24.4 Å². The van der Waals surface area contributed by atoms with Crippen LogP contribution < -0.4 is 0 Å². The molecule has 1 radical (unpaired) electrons. The topological polar surface area (TPSA) is 38.9 Å². The van der Waals surface area contributed by atoms with Crippen molar-refractivity contribution in [2.45, 2.75) is 34.0 Å². The van der Waals surface area contributed by atoms with Gasteiger partial charge in [-0.15, -0.1) is 54.1 Å². The van der Waals surface area contributed by atoms with E-state index in [1.165, 1.54) is 6.20 Å². The van der Waals surface area contributed by atoms with Crippen molar-refractivity contribution in [2.75, 3.05) is 0 Å². The normalized spacial score (nSPS) is 13.6. The van der Waals surface area contributed by atoms with Gasteiger partial charge in [0.25, 0.3) is 0 Å². The largest absolute Gasteiger partial charge is 0.500 e. The number of pyridine rings is 2. The fourth-order valence-corrected chi connectivity index (χ4v) is 4.84. The smallest absolute Gasteiger partial charge is 0.128 e. The zero-order chi connectivity index (χ0) is 32.7. The van der Waals surface area contributed by atoms with Crippen LogP contribution in [0.4, 0.5) is 0 Å². The Morgan fingerprint density at radius 2 is 1.62 bits per heavy atom. The Balaban J connectivity index is 0.000000217. The minimum atomic E-state index is -2.09. The van der Waals surface area contributed by atoms with Gasteiger partial charge in [0, 0.05) is 50.1 Å². The number of benzene rings is 4. The molecule has 0 aliphatic carbocycles. The summed E-state index contributed by atoms with van der Waals surface area (Å²) < 4.78 is 45.3. The Hall–Kier alpha value is -4.11. The third-order valence-electron chi connectivity index (χ3n) is 6.61. The molecule has 0 atom stereocenters. The van der Waals surface area contributed by atoms with Gasteiger partial charge in [0.05, 0.1) is 5.58 Å². The van der Waals surface area contributed by atoms with Crippen molar-refractivity contribution in [3.8, 4) is 22.5 Å². The number of aromatic nitrogens is 2. The number of hydrogen-bond acceptors (Lipinski definition) is 3. The third kappa shape index (κ3) is 6.36. The summed E-state index contributed by atoms with van der Waals surface area (Å²) in [5.41, 5.74) is 4.90. The minimum absolute atomic E-state index is 0. The van der Waals surface area contributed by atoms with Crippen molar-refractivity contribution >= 4 is 32.7 Å². The van der Waals surface area contributed by atoms with Crippen LogP contribution in [0.3, 0.4) is 0 Å². The second-order valence-electron chi connectivity index (χ2n) is 10.9. The molecule has 0 aliphatic rings. The van der Waals surface area contributed by atoms with Gasteiger partial charge in [-0.1, -0.05) is 91.9 Å². The fourth-order valence-electron chi connectivity index (χ4n) is 4.84. The maximum absolute atomic E-state index is 8.62. The first-order valence-corrected chi connectivity index (χ1v) is 13.5. The van der Waals surface area contributed by atoms with Crippen LogP contribution in [0.25, 0.3) is 55.2 Å². The van der Waals surface area contributed by atoms with E-state index in [0.717, 1.165) is 49.5 Å². The molecule has 0 fully saturated rings. The Morgan fingerprint density at radius 1 is 0.786 bits per heavy atom. The number of furan rings is 1. The van der Waals surface area contributed by atoms with E-state index in [2.05, 4.69) is 46.4 Å². The Morgan fingerprint density at radius 3 is 2.38 bits per heavy atom. The van der Waals surface area contributed by atoms with E-state index in [1.807, 2.05) is 69.3 Å². The van der Waals surface area contributed by atoms with Crippen molar-refractivity contribution in [1.82, 2.24) is 9.97 Å². The summed E-state index contributed by atoms with van der Waals surface area (Å²) in [6.07, 6.45) is 1.56. The summed E-state index contributed by atoms with van der Waals surface area (Å²) in [6.45, 7) is 3.63. The zero-order valence-corrected chi connectivity index (χ0v) is 25.9. The molecule has 0 spiro atoms. The average molecular weight is 730 g/mol. The van der Waals surface area contributed by atoms with Crippen molar-refractivity contribution < 1.29 is 31.4 Å². The van der Waals surface area contributed by atoms with Gasteiger partial charge >= 0.3 is 0 Å². The molecule has 0 unspecified atom stereocenters. The first kappa shape index (κ1) is 23.5. The van der Waals surface area contributed by atoms with Gasteiger partial charge in [0.15, 0.2) is 0 Å². The van der Waals surface area contributed by atoms with E-state index in [9.17, 15) is 0 Å². The van der Waals surface area contributed by atoms with E-state index < -0.39 is 18.6 Å². The van der Waals surface area contributed by atoms with Gasteiger partial charge in [-0.3, -0.25) is 0 Å². The van der Waals surface area contributed by atoms with Gasteiger partial charge in [0.2, 0.25) is 0 Å². The van der Waals surface area contributed by atoms with Crippen LogP contribution >= 0.6 is 0 Å². The van der Waals surface area contributed by atoms with Crippen molar-refractivity contribution in [3.05, 3.63) is 133 Å². The molecule has 0 N–H and O–H groups in total. The molecular formula is C38H32IrN2O-2. The van der Waals surface area contributed by atoms with Crippen LogP contribution in [0.2, 0.25) is 0 Å². The molecule has 0 aliphatic heterocycles. The molecule has 3 nitrogen and oxygen atoms in total. The van der Waals surface area contributed by atoms with E-state index in [4.69, 9.17) is 11.3 Å². The maximum atomic E-state index is 8.62. The summed E-state index contributed by atoms with van der Waals surface area (Å²) in [6, 6.07) is 36.9. The molecule has 0 amide bonds. The van der Waals surface area contributed by atoms with E-state index >= 15 is 0 Å². The van der Waals surface area contributed by atoms with Gasteiger partial charge < -0.3 is 14.4 Å². The van der Waals surface area contributed by atoms with Gasteiger partial charge in [0.1, 0.15) is 5.58 Å². The molecule has 211 valence electrons. The van der Waals surface area contributed by atoms with E-state index in [0.29, 0.717) is 11.3 Å². The van der Waals surface area contributed by atoms with E-state index in [1.54, 1.807) is 30.5 Å². The van der Waals surface area contributed by atoms with E-state index in [-0.39, 0.29) is 25.7 Å². The fraction of sp³-hybridized carbons (Fsp3) is 0.158. The Bertz CT molecular complexity index is 2150. The molecule has 42 heavy (non-hydrogen) atoms. The first-order valence-electron chi connectivity index (χ1n) is 16.0. The minimum Gasteiger partial charge on any atom is -0.500 e. The predicted octanol–water partition coefficient (Wildman–Crippen LogP) is 10.0. The number of fused-ring (bicyclic) bond motifs is 5. The van der Waals surface area contributed by atoms with Crippen molar-refractivity contribution in [3.63, 3.8) is 0 Å². The molecule has 3 heterocycles. The predicted molar refractivity (Wildman–Crippen MR) is 170 cm³/mol. The monoisotopic (exact) mass is 730 g/mol. The summed E-state index contributed by atoms with van der Waals surface area (Å²) in [5, 5.41) is 4.27. The molecule has 0 saturated carbocycles. The molecule has 4 heteroatoms. The Labute approximate surface area is 268 Å². The second kappa shape index (κ2) is 12.4. The van der Waals surface area contributed by atoms with Crippen LogP contribution in [0.15, 0.2) is 114 Å². The van der Waals surface area contributed by atoms with Crippen LogP contribution in [-0.2, 0) is 26.5 Å². The summed E-state index contributed by atoms with van der Waals surface area (Å²) in [5.74, 6) is 0. The van der Waals surface area contributed by atoms with Crippen LogP contribution in [-0.4, -0.2) is 9.97 Å². The molecule has 7 aromatic rings. The first-order chi connectivity index (χ1) is 21.8. The number of nitrogens with zero attached hydrogens (tertiary/aromatic N) is 2. The quantitative estimate of drug-likeness (QED) is 0.170. The van der Waals surface area contributed by atoms with Gasteiger partial charge in [-0.25, -0.2) is 0 Å². The second-order valence-corrected chi connectivity index (χ2v) is 10.9. The molecule has 3 aromatic heterocycles. The maximum Gasteiger partial charge on any atom is 0.128 e. The number of rotatable bonds is 3. The molecule has 7 rings (SSSR count). The van der Waals surface area contributed by atoms with Crippen molar-refractivity contribution in [2.24, 2.45) is 5.41 Å². The summed E-state index contributed by atoms with van der Waals surface area (Å²) >= 11 is 0. The molecule has 0 bridgehead atoms. The summed E-state index contributed by atoms with van der Waals surface area (Å²) in [4.78, 5) is 8.65. The molecule has 0 saturated heterocycles. The van der Waals surface area contributed by atoms with Gasteiger partial charge in [-0.2, -0.15) is 0 Å². The molecular weight excluding hydrogens is 693 g/mol. The van der Waals surface area contributed by atoms with Crippen LogP contribution in [0.5, 0.6) is 0 Å². The zero-order valence-electron chi connectivity index (χ0n) is 28.5. The number of hydrogen-bond donors (Lipinski definition) is 0. The van der Waals surface area contributed by atoms with Gasteiger partial charge in [-0.05, 0) is 47.0 Å². The Kier molecular flexibility index (Phi) is 6.93. The van der Waals surface area contributed by atoms with Crippen molar-refractivity contribution in [1.29, 1.82) is 0 Å². The SMILES string of the molecule is [2H]C([2H])([2H])c1ccc(-c2[c-]cccc2)nc1.[2H]C([2H])(c1ccnc(-c2[c-]ccc3c2oc2c4ccccc4ccc32)c1)C(C)(C)C.[Ir]. The van der Waals surface area contributed by atoms with Crippen LogP contribution in [0.1, 0.15) is 38.8 Å². The number of aryl methyl sites for hydroxylation is 1. The summed E-state index contributed by atoms with van der Waals surface area (Å²) in [7, 11) is 0. The third-order valence-corrected chi connectivity index (χ3v) is 6.61. The standard InChI is InChI=1S/C26H22NO.C12H10N.Ir/c1-26(2,3)16-17-13-14-27-23(15-17)22-10-6-9-20-21-12-11-18-7-4-5-8-19(18)24(21)28-25(20)22;1-10-7-8-12(13-9-10)11-5-3-2-4-6-11;/h4-9,11-15H,16H2,1-3H3;2-5,7-9H,1H3;/q2*-1;/i16D2;1D3;.